The Balaban J connectivity index is 0. The fraction of sp³-hybridized carbons (Fsp3) is 0.323. The van der Waals surface area contributed by atoms with E-state index in [2.05, 4.69) is 15.0 Å². The van der Waals surface area contributed by atoms with Gasteiger partial charge in [0.15, 0.2) is 0 Å². The van der Waals surface area contributed by atoms with E-state index < -0.39 is 5.41 Å². The SMILES string of the molecule is CO.CO.COc1cccc(C=NCC(C)(CN=Cc2cccc(OC)c2[O-])CN=Cc2cccc(OC)c2[O-])c1[O-].[Mn+2].[NH4+]. The van der Waals surface area contributed by atoms with Gasteiger partial charge in [0, 0.05) is 57.9 Å². The van der Waals surface area contributed by atoms with Crippen molar-refractivity contribution in [3.63, 3.8) is 0 Å². The second-order valence-corrected chi connectivity index (χ2v) is 8.86. The van der Waals surface area contributed by atoms with Crippen LogP contribution in [-0.2, 0) is 17.1 Å². The molecule has 0 atom stereocenters. The van der Waals surface area contributed by atoms with Crippen molar-refractivity contribution < 1.29 is 56.8 Å². The number of nitrogens with zero attached hydrogens (tertiary/aromatic N) is 3. The third kappa shape index (κ3) is 12.2. The molecule has 0 heterocycles. The van der Waals surface area contributed by atoms with Gasteiger partial charge in [-0.3, -0.25) is 15.0 Å². The molecule has 12 nitrogen and oxygen atoms in total. The summed E-state index contributed by atoms with van der Waals surface area (Å²) < 4.78 is 15.3. The number of rotatable bonds is 12. The van der Waals surface area contributed by atoms with Gasteiger partial charge in [-0.25, -0.2) is 0 Å². The van der Waals surface area contributed by atoms with Crippen molar-refractivity contribution in [3.8, 4) is 34.5 Å². The molecule has 0 aliphatic rings. The minimum atomic E-state index is -0.588. The van der Waals surface area contributed by atoms with Gasteiger partial charge in [0.2, 0.25) is 0 Å². The van der Waals surface area contributed by atoms with Crippen LogP contribution in [0.3, 0.4) is 0 Å². The van der Waals surface area contributed by atoms with Gasteiger partial charge >= 0.3 is 17.1 Å². The van der Waals surface area contributed by atoms with Crippen LogP contribution in [0.25, 0.3) is 0 Å². The predicted molar refractivity (Wildman–Crippen MR) is 165 cm³/mol. The van der Waals surface area contributed by atoms with E-state index in [0.29, 0.717) is 16.7 Å². The van der Waals surface area contributed by atoms with Crippen LogP contribution in [0.1, 0.15) is 23.6 Å². The molecular formula is C31H42MnN4O8. The maximum atomic E-state index is 12.4. The maximum absolute atomic E-state index is 12.4. The van der Waals surface area contributed by atoms with Crippen molar-refractivity contribution in [1.29, 1.82) is 0 Å². The normalized spacial score (nSPS) is 11.7. The quantitative estimate of drug-likeness (QED) is 0.194. The monoisotopic (exact) mass is 653 g/mol. The van der Waals surface area contributed by atoms with Crippen LogP contribution in [0.4, 0.5) is 0 Å². The Bertz CT molecular complexity index is 1180. The van der Waals surface area contributed by atoms with Crippen molar-refractivity contribution in [3.05, 3.63) is 71.3 Å². The molecule has 0 saturated heterocycles. The molecule has 241 valence electrons. The molecule has 0 fully saturated rings. The molecule has 13 heteroatoms. The van der Waals surface area contributed by atoms with Crippen LogP contribution in [0.5, 0.6) is 34.5 Å². The zero-order valence-electron chi connectivity index (χ0n) is 26.1. The predicted octanol–water partition coefficient (Wildman–Crippen LogP) is 2.19. The molecule has 0 saturated carbocycles. The summed E-state index contributed by atoms with van der Waals surface area (Å²) in [5.74, 6) is -0.0338. The van der Waals surface area contributed by atoms with E-state index in [1.165, 1.54) is 40.0 Å². The molecule has 3 aromatic rings. The van der Waals surface area contributed by atoms with E-state index in [9.17, 15) is 15.3 Å². The summed E-state index contributed by atoms with van der Waals surface area (Å²) in [5.41, 5.74) is 0.616. The minimum absolute atomic E-state index is 0. The zero-order chi connectivity index (χ0) is 31.5. The molecule has 44 heavy (non-hydrogen) atoms. The first-order valence-corrected chi connectivity index (χ1v) is 12.7. The molecule has 3 aromatic carbocycles. The van der Waals surface area contributed by atoms with Gasteiger partial charge in [-0.15, -0.1) is 0 Å². The molecule has 0 spiro atoms. The number of hydrogen-bond acceptors (Lipinski definition) is 11. The number of methoxy groups -OCH3 is 3. The fourth-order valence-electron chi connectivity index (χ4n) is 3.63. The van der Waals surface area contributed by atoms with Gasteiger partial charge in [-0.05, 0) is 34.9 Å². The largest absolute Gasteiger partial charge is 2.00 e. The molecule has 0 bridgehead atoms. The third-order valence-electron chi connectivity index (χ3n) is 5.80. The number of aliphatic imine (C=N–C) groups is 3. The number of benzene rings is 3. The summed E-state index contributed by atoms with van der Waals surface area (Å²) in [7, 11) is 6.32. The average Bonchev–Trinajstić information content (AvgIpc) is 3.02. The Labute approximate surface area is 269 Å². The number of ether oxygens (including phenoxy) is 3. The Kier molecular flexibility index (Phi) is 21.4. The summed E-state index contributed by atoms with van der Waals surface area (Å²) in [5, 5.41) is 51.3. The molecule has 0 aromatic heterocycles. The Morgan fingerprint density at radius 2 is 0.841 bits per heavy atom. The van der Waals surface area contributed by atoms with E-state index >= 15 is 0 Å². The number of aliphatic hydroxyl groups is 2. The van der Waals surface area contributed by atoms with E-state index in [4.69, 9.17) is 24.4 Å². The van der Waals surface area contributed by atoms with Crippen LogP contribution >= 0.6 is 0 Å². The summed E-state index contributed by atoms with van der Waals surface area (Å²) in [6.07, 6.45) is 4.52. The molecule has 0 unspecified atom stereocenters. The molecule has 3 rings (SSSR count). The first-order valence-electron chi connectivity index (χ1n) is 12.7. The second kappa shape index (κ2) is 22.4. The van der Waals surface area contributed by atoms with E-state index in [1.54, 1.807) is 54.6 Å². The van der Waals surface area contributed by atoms with Crippen molar-refractivity contribution in [2.24, 2.45) is 20.4 Å². The van der Waals surface area contributed by atoms with Gasteiger partial charge in [-0.1, -0.05) is 60.6 Å². The summed E-state index contributed by atoms with van der Waals surface area (Å²) in [6.45, 7) is 2.78. The van der Waals surface area contributed by atoms with Gasteiger partial charge < -0.3 is 45.9 Å². The Morgan fingerprint density at radius 1 is 0.591 bits per heavy atom. The third-order valence-corrected chi connectivity index (χ3v) is 5.80. The molecule has 6 N–H and O–H groups in total. The Hall–Kier alpha value is -4.13. The van der Waals surface area contributed by atoms with Crippen LogP contribution in [0.15, 0.2) is 69.6 Å². The first-order chi connectivity index (χ1) is 20.3. The van der Waals surface area contributed by atoms with Crippen molar-refractivity contribution in [2.45, 2.75) is 6.92 Å². The summed E-state index contributed by atoms with van der Waals surface area (Å²) in [4.78, 5) is 13.5. The number of aliphatic hydroxyl groups excluding tert-OH is 2. The minimum Gasteiger partial charge on any atom is -0.870 e. The summed E-state index contributed by atoms with van der Waals surface area (Å²) in [6, 6.07) is 14.9. The maximum Gasteiger partial charge on any atom is 2.00 e. The number of quaternary nitrogens is 1. The van der Waals surface area contributed by atoms with Gasteiger partial charge in [0.1, 0.15) is 17.2 Å². The van der Waals surface area contributed by atoms with Crippen molar-refractivity contribution in [1.82, 2.24) is 6.15 Å². The zero-order valence-corrected chi connectivity index (χ0v) is 27.3. The second-order valence-electron chi connectivity index (χ2n) is 8.86. The van der Waals surface area contributed by atoms with Crippen LogP contribution < -0.4 is 35.7 Å². The topological polar surface area (TPSA) is 211 Å². The van der Waals surface area contributed by atoms with Crippen LogP contribution in [-0.4, -0.2) is 84.0 Å². The van der Waals surface area contributed by atoms with Crippen LogP contribution in [0.2, 0.25) is 0 Å². The fourth-order valence-corrected chi connectivity index (χ4v) is 3.63. The van der Waals surface area contributed by atoms with Crippen LogP contribution in [0, 0.1) is 5.41 Å². The Morgan fingerprint density at radius 3 is 1.07 bits per heavy atom. The number of para-hydroxylation sites is 3. The molecule has 0 aliphatic heterocycles. The standard InChI is InChI=1S/C29H33N3O6.2CH4O.Mn.H3N/c1-29(17-30-14-20-8-5-11-23(36-2)26(20)33,18-31-15-21-9-6-12-24(37-3)27(21)34)19-32-16-22-10-7-13-25(38-4)28(22)35;2*1-2;;/h5-16,33-35H,17-19H2,1-4H3;2*2H,1H3;;1H3/q;;;+2;/p-2. The first kappa shape index (κ1) is 42.0. The van der Waals surface area contributed by atoms with E-state index in [1.807, 2.05) is 6.92 Å². The smallest absolute Gasteiger partial charge is 0.870 e. The van der Waals surface area contributed by atoms with Gasteiger partial charge in [0.05, 0.1) is 21.3 Å². The number of hydrogen-bond donors (Lipinski definition) is 3. The molecular weight excluding hydrogens is 611 g/mol. The molecule has 1 radical (unpaired) electrons. The molecule has 0 aliphatic carbocycles. The molecule has 0 amide bonds. The van der Waals surface area contributed by atoms with Gasteiger partial charge in [-0.2, -0.15) is 0 Å². The van der Waals surface area contributed by atoms with E-state index in [0.717, 1.165) is 14.2 Å². The average molecular weight is 654 g/mol. The summed E-state index contributed by atoms with van der Waals surface area (Å²) >= 11 is 0. The van der Waals surface area contributed by atoms with Gasteiger partial charge in [0.25, 0.3) is 0 Å². The van der Waals surface area contributed by atoms with Crippen molar-refractivity contribution in [2.75, 3.05) is 55.2 Å². The van der Waals surface area contributed by atoms with Crippen molar-refractivity contribution >= 4 is 18.6 Å². The van der Waals surface area contributed by atoms with E-state index in [-0.39, 0.29) is 77.4 Å².